The second-order valence-corrected chi connectivity index (χ2v) is 6.34. The average Bonchev–Trinajstić information content (AvgIpc) is 2.54. The molecule has 0 bridgehead atoms. The van der Waals surface area contributed by atoms with Gasteiger partial charge in [-0.05, 0) is 74.2 Å². The molecule has 0 saturated carbocycles. The van der Waals surface area contributed by atoms with Gasteiger partial charge in [0.1, 0.15) is 11.6 Å². The largest absolute Gasteiger partial charge is 0.368 e. The molecule has 0 aliphatic heterocycles. The van der Waals surface area contributed by atoms with E-state index in [0.29, 0.717) is 11.6 Å². The summed E-state index contributed by atoms with van der Waals surface area (Å²) in [4.78, 5) is 8.54. The molecule has 0 amide bonds. The van der Waals surface area contributed by atoms with Crippen LogP contribution in [0, 0.1) is 27.7 Å². The zero-order valence-corrected chi connectivity index (χ0v) is 15.0. The van der Waals surface area contributed by atoms with E-state index in [2.05, 4.69) is 72.6 Å². The van der Waals surface area contributed by atoms with Crippen LogP contribution in [0.3, 0.4) is 0 Å². The molecule has 2 aromatic carbocycles. The number of rotatable bonds is 4. The summed E-state index contributed by atoms with van der Waals surface area (Å²) in [6, 6.07) is 14.2. The number of anilines is 5. The molecule has 5 nitrogen and oxygen atoms in total. The zero-order chi connectivity index (χ0) is 18.0. The first kappa shape index (κ1) is 16.8. The lowest BCUT2D eigenvalue weighted by atomic mass is 10.1. The summed E-state index contributed by atoms with van der Waals surface area (Å²) >= 11 is 0. The molecule has 3 aromatic rings. The first-order valence-electron chi connectivity index (χ1n) is 8.24. The molecule has 3 rings (SSSR count). The molecule has 0 fully saturated rings. The van der Waals surface area contributed by atoms with Crippen molar-refractivity contribution in [3.63, 3.8) is 0 Å². The lowest BCUT2D eigenvalue weighted by Crippen LogP contribution is -2.04. The average molecular weight is 333 g/mol. The van der Waals surface area contributed by atoms with E-state index in [1.54, 1.807) is 0 Å². The molecule has 0 atom stereocenters. The number of hydrogen-bond acceptors (Lipinski definition) is 5. The molecular weight excluding hydrogens is 310 g/mol. The molecule has 0 spiro atoms. The quantitative estimate of drug-likeness (QED) is 0.640. The molecule has 0 aliphatic rings. The van der Waals surface area contributed by atoms with Crippen LogP contribution in [0.15, 0.2) is 42.5 Å². The van der Waals surface area contributed by atoms with Crippen molar-refractivity contribution < 1.29 is 0 Å². The first-order chi connectivity index (χ1) is 11.9. The highest BCUT2D eigenvalue weighted by Crippen LogP contribution is 2.23. The fraction of sp³-hybridized carbons (Fsp3) is 0.200. The van der Waals surface area contributed by atoms with Crippen LogP contribution in [0.5, 0.6) is 0 Å². The van der Waals surface area contributed by atoms with Gasteiger partial charge in [0.25, 0.3) is 0 Å². The van der Waals surface area contributed by atoms with Gasteiger partial charge in [-0.1, -0.05) is 12.1 Å². The van der Waals surface area contributed by atoms with E-state index in [0.717, 1.165) is 11.4 Å². The smallest absolute Gasteiger partial charge is 0.223 e. The number of nitrogens with two attached hydrogens (primary N) is 1. The number of benzene rings is 2. The minimum atomic E-state index is 0.222. The van der Waals surface area contributed by atoms with Gasteiger partial charge in [-0.3, -0.25) is 0 Å². The Labute approximate surface area is 148 Å². The molecule has 1 aromatic heterocycles. The predicted molar refractivity (Wildman–Crippen MR) is 105 cm³/mol. The van der Waals surface area contributed by atoms with E-state index in [1.165, 1.54) is 22.3 Å². The molecule has 0 aliphatic carbocycles. The van der Waals surface area contributed by atoms with Gasteiger partial charge in [0.2, 0.25) is 5.95 Å². The van der Waals surface area contributed by atoms with Gasteiger partial charge in [0.15, 0.2) is 0 Å². The minimum Gasteiger partial charge on any atom is -0.368 e. The predicted octanol–water partition coefficient (Wildman–Crippen LogP) is 4.78. The highest BCUT2D eigenvalue weighted by atomic mass is 15.1. The maximum atomic E-state index is 5.87. The Morgan fingerprint density at radius 2 is 1.08 bits per heavy atom. The first-order valence-corrected chi connectivity index (χ1v) is 8.24. The molecular formula is C20H23N5. The van der Waals surface area contributed by atoms with Gasteiger partial charge in [-0.25, -0.2) is 0 Å². The van der Waals surface area contributed by atoms with Crippen molar-refractivity contribution in [1.82, 2.24) is 9.97 Å². The van der Waals surface area contributed by atoms with Crippen LogP contribution in [0.25, 0.3) is 0 Å². The van der Waals surface area contributed by atoms with E-state index >= 15 is 0 Å². The van der Waals surface area contributed by atoms with Crippen molar-refractivity contribution >= 4 is 29.0 Å². The van der Waals surface area contributed by atoms with Gasteiger partial charge >= 0.3 is 0 Å². The Bertz CT molecular complexity index is 846. The Morgan fingerprint density at radius 3 is 1.48 bits per heavy atom. The lowest BCUT2D eigenvalue weighted by molar-refractivity contribution is 1.18. The second kappa shape index (κ2) is 6.81. The molecule has 25 heavy (non-hydrogen) atoms. The van der Waals surface area contributed by atoms with E-state index < -0.39 is 0 Å². The SMILES string of the molecule is Cc1ccc(Nc2cc(Nc3ccc(C)c(C)c3)nc(N)n2)cc1C. The third-order valence-corrected chi connectivity index (χ3v) is 4.30. The van der Waals surface area contributed by atoms with Gasteiger partial charge < -0.3 is 16.4 Å². The summed E-state index contributed by atoms with van der Waals surface area (Å²) in [6.07, 6.45) is 0. The van der Waals surface area contributed by atoms with Crippen molar-refractivity contribution in [1.29, 1.82) is 0 Å². The zero-order valence-electron chi connectivity index (χ0n) is 15.0. The van der Waals surface area contributed by atoms with Gasteiger partial charge in [0.05, 0.1) is 0 Å². The van der Waals surface area contributed by atoms with Gasteiger partial charge in [-0.15, -0.1) is 0 Å². The van der Waals surface area contributed by atoms with Crippen LogP contribution < -0.4 is 16.4 Å². The van der Waals surface area contributed by atoms with Crippen molar-refractivity contribution in [3.05, 3.63) is 64.7 Å². The Kier molecular flexibility index (Phi) is 4.57. The Balaban J connectivity index is 1.84. The van der Waals surface area contributed by atoms with Crippen LogP contribution in [-0.2, 0) is 0 Å². The van der Waals surface area contributed by atoms with Crippen LogP contribution in [0.1, 0.15) is 22.3 Å². The Hall–Kier alpha value is -3.08. The number of hydrogen-bond donors (Lipinski definition) is 3. The maximum Gasteiger partial charge on any atom is 0.223 e. The highest BCUT2D eigenvalue weighted by molar-refractivity contribution is 5.65. The normalized spacial score (nSPS) is 10.6. The molecule has 0 unspecified atom stereocenters. The molecule has 0 saturated heterocycles. The standard InChI is InChI=1S/C20H23N5/c1-12-5-7-16(9-14(12)3)22-18-11-19(25-20(21)24-18)23-17-8-6-13(2)15(4)10-17/h5-11H,1-4H3,(H4,21,22,23,24,25). The summed E-state index contributed by atoms with van der Waals surface area (Å²) in [6.45, 7) is 8.35. The van der Waals surface area contributed by atoms with E-state index in [9.17, 15) is 0 Å². The number of nitrogen functional groups attached to an aromatic ring is 1. The van der Waals surface area contributed by atoms with Crippen molar-refractivity contribution in [2.24, 2.45) is 0 Å². The summed E-state index contributed by atoms with van der Waals surface area (Å²) in [5, 5.41) is 6.58. The lowest BCUT2D eigenvalue weighted by Gasteiger charge is -2.12. The van der Waals surface area contributed by atoms with Gasteiger partial charge in [0, 0.05) is 17.4 Å². The van der Waals surface area contributed by atoms with Gasteiger partial charge in [-0.2, -0.15) is 9.97 Å². The van der Waals surface area contributed by atoms with Crippen molar-refractivity contribution in [2.75, 3.05) is 16.4 Å². The summed E-state index contributed by atoms with van der Waals surface area (Å²) < 4.78 is 0. The summed E-state index contributed by atoms with van der Waals surface area (Å²) in [5.74, 6) is 1.53. The molecule has 0 radical (unpaired) electrons. The van der Waals surface area contributed by atoms with E-state index in [1.807, 2.05) is 18.2 Å². The van der Waals surface area contributed by atoms with Crippen molar-refractivity contribution in [3.8, 4) is 0 Å². The summed E-state index contributed by atoms with van der Waals surface area (Å²) in [5.41, 5.74) is 12.8. The molecule has 1 heterocycles. The molecule has 5 heteroatoms. The van der Waals surface area contributed by atoms with E-state index in [-0.39, 0.29) is 5.95 Å². The molecule has 4 N–H and O–H groups in total. The molecule has 128 valence electrons. The maximum absolute atomic E-state index is 5.87. The number of aryl methyl sites for hydroxylation is 4. The number of aromatic nitrogens is 2. The minimum absolute atomic E-state index is 0.222. The van der Waals surface area contributed by atoms with Crippen LogP contribution in [0.2, 0.25) is 0 Å². The second-order valence-electron chi connectivity index (χ2n) is 6.34. The fourth-order valence-electron chi connectivity index (χ4n) is 2.53. The monoisotopic (exact) mass is 333 g/mol. The topological polar surface area (TPSA) is 75.9 Å². The van der Waals surface area contributed by atoms with Crippen LogP contribution in [0.4, 0.5) is 29.0 Å². The third kappa shape index (κ3) is 4.07. The third-order valence-electron chi connectivity index (χ3n) is 4.30. The van der Waals surface area contributed by atoms with Crippen LogP contribution >= 0.6 is 0 Å². The van der Waals surface area contributed by atoms with E-state index in [4.69, 9.17) is 5.73 Å². The van der Waals surface area contributed by atoms with Crippen LogP contribution in [-0.4, -0.2) is 9.97 Å². The Morgan fingerprint density at radius 1 is 0.640 bits per heavy atom. The number of nitrogens with one attached hydrogen (secondary N) is 2. The fourth-order valence-corrected chi connectivity index (χ4v) is 2.53. The number of nitrogens with zero attached hydrogens (tertiary/aromatic N) is 2. The highest BCUT2D eigenvalue weighted by Gasteiger charge is 2.05. The van der Waals surface area contributed by atoms with Crippen molar-refractivity contribution in [2.45, 2.75) is 27.7 Å². The summed E-state index contributed by atoms with van der Waals surface area (Å²) in [7, 11) is 0.